The van der Waals surface area contributed by atoms with Gasteiger partial charge in [-0.3, -0.25) is 14.4 Å². The molecular formula is C22H28N6O2S. The van der Waals surface area contributed by atoms with Crippen molar-refractivity contribution in [1.82, 2.24) is 29.6 Å². The van der Waals surface area contributed by atoms with Gasteiger partial charge in [-0.15, -0.1) is 5.10 Å². The average Bonchev–Trinajstić information content (AvgIpc) is 3.27. The molecule has 1 aliphatic heterocycles. The molecule has 0 aliphatic carbocycles. The first kappa shape index (κ1) is 21.8. The van der Waals surface area contributed by atoms with Crippen LogP contribution >= 0.6 is 0 Å². The van der Waals surface area contributed by atoms with Crippen molar-refractivity contribution in [2.75, 3.05) is 13.1 Å². The average molecular weight is 441 g/mol. The van der Waals surface area contributed by atoms with Crippen molar-refractivity contribution >= 4 is 11.3 Å². The fourth-order valence-corrected chi connectivity index (χ4v) is 4.38. The summed E-state index contributed by atoms with van der Waals surface area (Å²) in [6, 6.07) is 14.3. The van der Waals surface area contributed by atoms with E-state index in [2.05, 4.69) is 44.0 Å². The van der Waals surface area contributed by atoms with E-state index in [1.807, 2.05) is 41.2 Å². The highest BCUT2D eigenvalue weighted by atomic mass is 32.2. The largest absolute Gasteiger partial charge is 0.297 e. The van der Waals surface area contributed by atoms with Gasteiger partial charge in [-0.2, -0.15) is 0 Å². The summed E-state index contributed by atoms with van der Waals surface area (Å²) in [6.07, 6.45) is 5.99. The van der Waals surface area contributed by atoms with Crippen molar-refractivity contribution in [1.29, 1.82) is 0 Å². The standard InChI is InChI=1S/C22H28N6O2S/c1-17(22-7-2-3-10-23-22)28-16-21(25-26-28)15-27-11-8-19(9-12-27)20-6-4-5-18(13-20)14-24-31(29)30/h2-7,10,13,16-17,19,24H,8-9,11-12,14-15H2,1H3,(H,29,30). The monoisotopic (exact) mass is 440 g/mol. The zero-order valence-electron chi connectivity index (χ0n) is 17.6. The minimum absolute atomic E-state index is 0.0539. The zero-order chi connectivity index (χ0) is 21.6. The summed E-state index contributed by atoms with van der Waals surface area (Å²) in [5.74, 6) is 0.510. The number of likely N-dealkylation sites (tertiary alicyclic amines) is 1. The lowest BCUT2D eigenvalue weighted by Crippen LogP contribution is -2.32. The quantitative estimate of drug-likeness (QED) is 0.523. The van der Waals surface area contributed by atoms with Crippen LogP contribution in [0.25, 0.3) is 0 Å². The van der Waals surface area contributed by atoms with Crippen molar-refractivity contribution in [2.45, 2.75) is 44.8 Å². The molecule has 1 aliphatic rings. The highest BCUT2D eigenvalue weighted by Crippen LogP contribution is 2.29. The van der Waals surface area contributed by atoms with Crippen LogP contribution in [0.4, 0.5) is 0 Å². The third-order valence-corrected chi connectivity index (χ3v) is 6.26. The van der Waals surface area contributed by atoms with E-state index in [1.165, 1.54) is 5.56 Å². The number of pyridine rings is 1. The second kappa shape index (κ2) is 10.2. The molecule has 1 aromatic carbocycles. The molecule has 0 spiro atoms. The summed E-state index contributed by atoms with van der Waals surface area (Å²) in [4.78, 5) is 6.84. The fraction of sp³-hybridized carbons (Fsp3) is 0.409. The predicted octanol–water partition coefficient (Wildman–Crippen LogP) is 2.89. The Morgan fingerprint density at radius 3 is 2.81 bits per heavy atom. The Balaban J connectivity index is 1.30. The third kappa shape index (κ3) is 5.82. The third-order valence-electron chi connectivity index (χ3n) is 5.87. The van der Waals surface area contributed by atoms with Gasteiger partial charge in [-0.1, -0.05) is 35.5 Å². The molecule has 2 N–H and O–H groups in total. The van der Waals surface area contributed by atoms with Crippen LogP contribution in [0.3, 0.4) is 0 Å². The Kier molecular flexibility index (Phi) is 7.18. The molecule has 3 heterocycles. The summed E-state index contributed by atoms with van der Waals surface area (Å²) < 4.78 is 24.2. The van der Waals surface area contributed by atoms with E-state index in [0.29, 0.717) is 12.5 Å². The van der Waals surface area contributed by atoms with Crippen molar-refractivity contribution in [2.24, 2.45) is 0 Å². The predicted molar refractivity (Wildman–Crippen MR) is 119 cm³/mol. The van der Waals surface area contributed by atoms with E-state index in [-0.39, 0.29) is 6.04 Å². The molecule has 2 atom stereocenters. The number of hydrogen-bond donors (Lipinski definition) is 2. The van der Waals surface area contributed by atoms with E-state index in [0.717, 1.165) is 49.4 Å². The Morgan fingerprint density at radius 2 is 2.06 bits per heavy atom. The summed E-state index contributed by atoms with van der Waals surface area (Å²) in [5, 5.41) is 8.69. The second-order valence-corrected chi connectivity index (χ2v) is 8.77. The van der Waals surface area contributed by atoms with Crippen molar-refractivity contribution in [3.63, 3.8) is 0 Å². The van der Waals surface area contributed by atoms with Gasteiger partial charge in [-0.05, 0) is 62.0 Å². The van der Waals surface area contributed by atoms with Gasteiger partial charge in [-0.25, -0.2) is 13.6 Å². The first-order valence-corrected chi connectivity index (χ1v) is 11.7. The van der Waals surface area contributed by atoms with Gasteiger partial charge in [0.15, 0.2) is 0 Å². The Bertz CT molecular complexity index is 1000. The first-order valence-electron chi connectivity index (χ1n) is 10.6. The maximum atomic E-state index is 10.8. The van der Waals surface area contributed by atoms with Crippen molar-refractivity contribution in [3.8, 4) is 0 Å². The molecule has 0 amide bonds. The minimum atomic E-state index is -1.99. The van der Waals surface area contributed by atoms with Gasteiger partial charge >= 0.3 is 0 Å². The lowest BCUT2D eigenvalue weighted by molar-refractivity contribution is 0.202. The van der Waals surface area contributed by atoms with E-state index in [4.69, 9.17) is 4.55 Å². The van der Waals surface area contributed by atoms with Gasteiger partial charge in [0.05, 0.1) is 23.6 Å². The molecule has 164 valence electrons. The van der Waals surface area contributed by atoms with Crippen LogP contribution in [-0.2, 0) is 24.4 Å². The number of hydrogen-bond acceptors (Lipinski definition) is 5. The highest BCUT2D eigenvalue weighted by Gasteiger charge is 2.22. The van der Waals surface area contributed by atoms with Gasteiger partial charge in [0.25, 0.3) is 0 Å². The summed E-state index contributed by atoms with van der Waals surface area (Å²) >= 11 is -1.99. The second-order valence-electron chi connectivity index (χ2n) is 7.99. The molecule has 4 rings (SSSR count). The molecule has 0 bridgehead atoms. The molecular weight excluding hydrogens is 412 g/mol. The van der Waals surface area contributed by atoms with Gasteiger partial charge < -0.3 is 0 Å². The van der Waals surface area contributed by atoms with Crippen molar-refractivity contribution < 1.29 is 8.76 Å². The molecule has 0 saturated carbocycles. The summed E-state index contributed by atoms with van der Waals surface area (Å²) in [7, 11) is 0. The van der Waals surface area contributed by atoms with Gasteiger partial charge in [0, 0.05) is 19.3 Å². The van der Waals surface area contributed by atoms with Crippen LogP contribution in [0.1, 0.15) is 54.2 Å². The molecule has 1 fully saturated rings. The lowest BCUT2D eigenvalue weighted by Gasteiger charge is -2.31. The van der Waals surface area contributed by atoms with Gasteiger partial charge in [0.2, 0.25) is 11.3 Å². The molecule has 2 aromatic heterocycles. The summed E-state index contributed by atoms with van der Waals surface area (Å²) in [5.41, 5.74) is 4.28. The number of rotatable bonds is 8. The Labute approximate surface area is 185 Å². The van der Waals surface area contributed by atoms with Crippen LogP contribution in [-0.4, -0.2) is 46.7 Å². The first-order chi connectivity index (χ1) is 15.1. The van der Waals surface area contributed by atoms with E-state index >= 15 is 0 Å². The lowest BCUT2D eigenvalue weighted by atomic mass is 9.88. The molecule has 2 unspecified atom stereocenters. The zero-order valence-corrected chi connectivity index (χ0v) is 18.4. The highest BCUT2D eigenvalue weighted by molar-refractivity contribution is 7.77. The number of nitrogens with zero attached hydrogens (tertiary/aromatic N) is 5. The normalized spacial score (nSPS) is 17.5. The topological polar surface area (TPSA) is 96.2 Å². The van der Waals surface area contributed by atoms with E-state index < -0.39 is 11.3 Å². The van der Waals surface area contributed by atoms with Crippen LogP contribution in [0, 0.1) is 0 Å². The number of aromatic nitrogens is 4. The van der Waals surface area contributed by atoms with Crippen molar-refractivity contribution in [3.05, 3.63) is 77.4 Å². The Hall–Kier alpha value is -2.46. The van der Waals surface area contributed by atoms with Gasteiger partial charge in [0.1, 0.15) is 0 Å². The molecule has 3 aromatic rings. The van der Waals surface area contributed by atoms with Crippen LogP contribution in [0.5, 0.6) is 0 Å². The number of nitrogens with one attached hydrogen (secondary N) is 1. The molecule has 8 nitrogen and oxygen atoms in total. The van der Waals surface area contributed by atoms with Crippen LogP contribution in [0.15, 0.2) is 54.9 Å². The molecule has 1 saturated heterocycles. The summed E-state index contributed by atoms with van der Waals surface area (Å²) in [6.45, 7) is 5.29. The fourth-order valence-electron chi connectivity index (χ4n) is 4.09. The maximum Gasteiger partial charge on any atom is 0.232 e. The number of benzene rings is 1. The molecule has 0 radical (unpaired) electrons. The molecule has 9 heteroatoms. The van der Waals surface area contributed by atoms with Crippen LogP contribution < -0.4 is 4.72 Å². The number of piperidine rings is 1. The minimum Gasteiger partial charge on any atom is -0.297 e. The molecule has 31 heavy (non-hydrogen) atoms. The van der Waals surface area contributed by atoms with Crippen LogP contribution in [0.2, 0.25) is 0 Å². The maximum absolute atomic E-state index is 10.8. The Morgan fingerprint density at radius 1 is 1.23 bits per heavy atom. The smallest absolute Gasteiger partial charge is 0.232 e. The van der Waals surface area contributed by atoms with E-state index in [9.17, 15) is 4.21 Å². The van der Waals surface area contributed by atoms with E-state index in [1.54, 1.807) is 6.20 Å². The SMILES string of the molecule is CC(c1ccccn1)n1cc(CN2CCC(c3cccc(CNS(=O)O)c3)CC2)nn1.